The summed E-state index contributed by atoms with van der Waals surface area (Å²) in [5.74, 6) is -0.132. The molecular weight excluding hydrogens is 424 g/mol. The molecule has 0 aliphatic carbocycles. The van der Waals surface area contributed by atoms with Crippen LogP contribution in [-0.2, 0) is 34.3 Å². The number of fused-ring (bicyclic) bond motifs is 1. The number of para-hydroxylation sites is 2. The largest absolute Gasteiger partial charge is 0.352 e. The van der Waals surface area contributed by atoms with Crippen LogP contribution in [0.25, 0.3) is 11.0 Å². The van der Waals surface area contributed by atoms with Crippen LogP contribution in [0.1, 0.15) is 16.7 Å². The highest BCUT2D eigenvalue weighted by Crippen LogP contribution is 2.15. The molecule has 0 fully saturated rings. The number of nitrogens with one attached hydrogen (secondary N) is 2. The molecule has 0 aliphatic rings. The van der Waals surface area contributed by atoms with Crippen molar-refractivity contribution in [2.45, 2.75) is 19.5 Å². The smallest absolute Gasteiger partial charge is 0.229 e. The topological polar surface area (TPSA) is 93.1 Å². The predicted octanol–water partition coefficient (Wildman–Crippen LogP) is 3.32. The average Bonchev–Trinajstić information content (AvgIpc) is 3.15. The van der Waals surface area contributed by atoms with Gasteiger partial charge in [-0.3, -0.25) is 9.52 Å². The van der Waals surface area contributed by atoms with E-state index in [4.69, 9.17) is 0 Å². The zero-order chi connectivity index (χ0) is 22.6. The van der Waals surface area contributed by atoms with Crippen molar-refractivity contribution < 1.29 is 13.2 Å². The molecule has 3 aromatic carbocycles. The molecule has 0 aliphatic heterocycles. The van der Waals surface area contributed by atoms with Crippen LogP contribution in [0.5, 0.6) is 0 Å². The number of carbonyl (C=O) groups is 1. The summed E-state index contributed by atoms with van der Waals surface area (Å²) in [6.45, 7) is 1.11. The van der Waals surface area contributed by atoms with Crippen LogP contribution in [0.4, 0.5) is 5.69 Å². The molecule has 0 atom stereocenters. The van der Waals surface area contributed by atoms with Gasteiger partial charge in [-0.05, 0) is 41.0 Å². The molecule has 8 heteroatoms. The Morgan fingerprint density at radius 3 is 2.53 bits per heavy atom. The highest BCUT2D eigenvalue weighted by Gasteiger charge is 2.08. The second-order valence-corrected chi connectivity index (χ2v) is 9.46. The quantitative estimate of drug-likeness (QED) is 0.432. The Morgan fingerprint density at radius 1 is 0.938 bits per heavy atom. The molecule has 0 radical (unpaired) electrons. The van der Waals surface area contributed by atoms with Crippen LogP contribution >= 0.6 is 0 Å². The fourth-order valence-corrected chi connectivity index (χ4v) is 4.13. The zero-order valence-corrected chi connectivity index (χ0v) is 18.5. The molecule has 1 amide bonds. The monoisotopic (exact) mass is 448 g/mol. The van der Waals surface area contributed by atoms with E-state index in [1.54, 1.807) is 24.3 Å². The summed E-state index contributed by atoms with van der Waals surface area (Å²) in [5, 5.41) is 2.93. The van der Waals surface area contributed by atoms with E-state index in [2.05, 4.69) is 31.7 Å². The van der Waals surface area contributed by atoms with E-state index in [1.807, 2.05) is 42.7 Å². The Kier molecular flexibility index (Phi) is 6.23. The van der Waals surface area contributed by atoms with E-state index in [-0.39, 0.29) is 12.3 Å². The fourth-order valence-electron chi connectivity index (χ4n) is 3.58. The molecule has 0 bridgehead atoms. The lowest BCUT2D eigenvalue weighted by atomic mass is 10.1. The lowest BCUT2D eigenvalue weighted by Gasteiger charge is -2.10. The molecule has 7 nitrogen and oxygen atoms in total. The van der Waals surface area contributed by atoms with Gasteiger partial charge in [0.25, 0.3) is 0 Å². The van der Waals surface area contributed by atoms with Crippen molar-refractivity contribution in [1.29, 1.82) is 0 Å². The Hall–Kier alpha value is -3.65. The van der Waals surface area contributed by atoms with Gasteiger partial charge in [0, 0.05) is 18.8 Å². The Bertz CT molecular complexity index is 1360. The number of hydrogen-bond acceptors (Lipinski definition) is 4. The molecular formula is C24H24N4O3S. The number of anilines is 1. The number of imidazole rings is 1. The van der Waals surface area contributed by atoms with E-state index in [0.29, 0.717) is 18.8 Å². The first kappa shape index (κ1) is 21.6. The first-order chi connectivity index (χ1) is 15.4. The minimum Gasteiger partial charge on any atom is -0.352 e. The summed E-state index contributed by atoms with van der Waals surface area (Å²) < 4.78 is 27.3. The molecule has 2 N–H and O–H groups in total. The summed E-state index contributed by atoms with van der Waals surface area (Å²) in [7, 11) is -3.36. The van der Waals surface area contributed by atoms with Crippen molar-refractivity contribution in [2.24, 2.45) is 0 Å². The molecule has 0 saturated carbocycles. The maximum absolute atomic E-state index is 12.4. The van der Waals surface area contributed by atoms with Gasteiger partial charge in [0.2, 0.25) is 15.9 Å². The summed E-state index contributed by atoms with van der Waals surface area (Å²) in [6.07, 6.45) is 3.10. The number of carbonyl (C=O) groups excluding carboxylic acids is 1. The lowest BCUT2D eigenvalue weighted by molar-refractivity contribution is -0.120. The summed E-state index contributed by atoms with van der Waals surface area (Å²) in [4.78, 5) is 16.8. The average molecular weight is 449 g/mol. The summed E-state index contributed by atoms with van der Waals surface area (Å²) in [6, 6.07) is 22.9. The van der Waals surface area contributed by atoms with Crippen LogP contribution in [0.15, 0.2) is 79.1 Å². The van der Waals surface area contributed by atoms with Crippen LogP contribution in [0.2, 0.25) is 0 Å². The summed E-state index contributed by atoms with van der Waals surface area (Å²) in [5.41, 5.74) is 5.35. The van der Waals surface area contributed by atoms with Gasteiger partial charge in [0.1, 0.15) is 0 Å². The number of benzene rings is 3. The number of hydrogen-bond donors (Lipinski definition) is 2. The second kappa shape index (κ2) is 9.23. The minimum absolute atomic E-state index is 0.132. The number of rotatable bonds is 8. The maximum atomic E-state index is 12.4. The van der Waals surface area contributed by atoms with Gasteiger partial charge in [-0.1, -0.05) is 48.5 Å². The Labute approximate surface area is 187 Å². The van der Waals surface area contributed by atoms with E-state index < -0.39 is 10.0 Å². The maximum Gasteiger partial charge on any atom is 0.229 e. The van der Waals surface area contributed by atoms with Gasteiger partial charge in [-0.15, -0.1) is 0 Å². The molecule has 4 aromatic rings. The zero-order valence-electron chi connectivity index (χ0n) is 17.7. The molecule has 0 saturated heterocycles. The number of amides is 1. The van der Waals surface area contributed by atoms with Crippen LogP contribution in [0, 0.1) is 0 Å². The number of aromatic nitrogens is 2. The van der Waals surface area contributed by atoms with Gasteiger partial charge in [0.05, 0.1) is 30.0 Å². The Morgan fingerprint density at radius 2 is 1.69 bits per heavy atom. The van der Waals surface area contributed by atoms with Gasteiger partial charge in [-0.2, -0.15) is 0 Å². The van der Waals surface area contributed by atoms with Crippen LogP contribution < -0.4 is 10.0 Å². The Balaban J connectivity index is 1.36. The first-order valence-corrected chi connectivity index (χ1v) is 12.1. The normalized spacial score (nSPS) is 11.4. The van der Waals surface area contributed by atoms with Crippen molar-refractivity contribution >= 4 is 32.7 Å². The van der Waals surface area contributed by atoms with Crippen molar-refractivity contribution in [1.82, 2.24) is 14.9 Å². The van der Waals surface area contributed by atoms with Crippen molar-refractivity contribution in [2.75, 3.05) is 11.0 Å². The standard InChI is InChI=1S/C24H24N4O3S/c1-32(30,31)27-21-9-5-6-18(13-21)14-24(29)25-15-19-7-4-8-20(12-19)16-28-17-26-22-10-2-3-11-23(22)28/h2-13,17,27H,14-16H2,1H3,(H,25,29). The summed E-state index contributed by atoms with van der Waals surface area (Å²) >= 11 is 0. The molecule has 0 spiro atoms. The predicted molar refractivity (Wildman–Crippen MR) is 126 cm³/mol. The molecule has 32 heavy (non-hydrogen) atoms. The fraction of sp³-hybridized carbons (Fsp3) is 0.167. The van der Waals surface area contributed by atoms with E-state index in [1.165, 1.54) is 0 Å². The number of sulfonamides is 1. The highest BCUT2D eigenvalue weighted by atomic mass is 32.2. The minimum atomic E-state index is -3.36. The van der Waals surface area contributed by atoms with Gasteiger partial charge < -0.3 is 9.88 Å². The van der Waals surface area contributed by atoms with Crippen molar-refractivity contribution in [3.8, 4) is 0 Å². The van der Waals surface area contributed by atoms with E-state index in [9.17, 15) is 13.2 Å². The number of nitrogens with zero attached hydrogens (tertiary/aromatic N) is 2. The lowest BCUT2D eigenvalue weighted by Crippen LogP contribution is -2.24. The highest BCUT2D eigenvalue weighted by molar-refractivity contribution is 7.92. The molecule has 1 aromatic heterocycles. The van der Waals surface area contributed by atoms with Crippen LogP contribution in [-0.4, -0.2) is 30.1 Å². The molecule has 4 rings (SSSR count). The first-order valence-electron chi connectivity index (χ1n) is 10.2. The second-order valence-electron chi connectivity index (χ2n) is 7.71. The van der Waals surface area contributed by atoms with E-state index >= 15 is 0 Å². The molecule has 0 unspecified atom stereocenters. The van der Waals surface area contributed by atoms with Gasteiger partial charge in [-0.25, -0.2) is 13.4 Å². The van der Waals surface area contributed by atoms with Crippen LogP contribution in [0.3, 0.4) is 0 Å². The third-order valence-corrected chi connectivity index (χ3v) is 5.56. The molecule has 1 heterocycles. The van der Waals surface area contributed by atoms with Crippen molar-refractivity contribution in [3.05, 3.63) is 95.8 Å². The van der Waals surface area contributed by atoms with Crippen molar-refractivity contribution in [3.63, 3.8) is 0 Å². The van der Waals surface area contributed by atoms with Gasteiger partial charge in [0.15, 0.2) is 0 Å². The SMILES string of the molecule is CS(=O)(=O)Nc1cccc(CC(=O)NCc2cccc(Cn3cnc4ccccc43)c2)c1. The van der Waals surface area contributed by atoms with Gasteiger partial charge >= 0.3 is 0 Å². The third kappa shape index (κ3) is 5.73. The third-order valence-electron chi connectivity index (χ3n) is 4.96. The molecule has 164 valence electrons. The van der Waals surface area contributed by atoms with E-state index in [0.717, 1.165) is 34.0 Å².